The summed E-state index contributed by atoms with van der Waals surface area (Å²) in [5.41, 5.74) is 0.907. The minimum Gasteiger partial charge on any atom is -0.384 e. The van der Waals surface area contributed by atoms with Gasteiger partial charge in [-0.1, -0.05) is 18.2 Å². The largest absolute Gasteiger partial charge is 0.384 e. The van der Waals surface area contributed by atoms with Gasteiger partial charge in [0.05, 0.1) is 0 Å². The van der Waals surface area contributed by atoms with E-state index in [9.17, 15) is 4.79 Å². The van der Waals surface area contributed by atoms with Crippen molar-refractivity contribution in [3.8, 4) is 0 Å². The summed E-state index contributed by atoms with van der Waals surface area (Å²) in [5.74, 6) is 0.203. The van der Waals surface area contributed by atoms with Crippen molar-refractivity contribution in [2.24, 2.45) is 0 Å². The van der Waals surface area contributed by atoms with Crippen molar-refractivity contribution in [2.75, 3.05) is 6.54 Å². The Morgan fingerprint density at radius 3 is 3.00 bits per heavy atom. The molecule has 0 aliphatic carbocycles. The molecule has 2 nitrogen and oxygen atoms in total. The zero-order valence-electron chi connectivity index (χ0n) is 7.21. The molecule has 1 N–H and O–H groups in total. The second kappa shape index (κ2) is 4.54. The van der Waals surface area contributed by atoms with Gasteiger partial charge in [0, 0.05) is 24.7 Å². The molecule has 0 spiro atoms. The second-order valence-corrected chi connectivity index (χ2v) is 2.63. The van der Waals surface area contributed by atoms with Gasteiger partial charge >= 0.3 is 0 Å². The van der Waals surface area contributed by atoms with Gasteiger partial charge in [-0.25, -0.2) is 0 Å². The molecule has 64 valence electrons. The fourth-order valence-electron chi connectivity index (χ4n) is 1.00. The first-order chi connectivity index (χ1) is 5.83. The maximum atomic E-state index is 10.9. The van der Waals surface area contributed by atoms with E-state index in [-0.39, 0.29) is 5.78 Å². The molecule has 0 saturated heterocycles. The maximum Gasteiger partial charge on any atom is 0.159 e. The van der Waals surface area contributed by atoms with Crippen LogP contribution in [-0.4, -0.2) is 12.3 Å². The van der Waals surface area contributed by atoms with Crippen LogP contribution in [0.4, 0.5) is 0 Å². The van der Waals surface area contributed by atoms with Crippen LogP contribution in [0, 0.1) is 0 Å². The predicted molar refractivity (Wildman–Crippen MR) is 49.7 cm³/mol. The van der Waals surface area contributed by atoms with Crippen LogP contribution in [0.1, 0.15) is 13.3 Å². The van der Waals surface area contributed by atoms with E-state index in [2.05, 4.69) is 5.32 Å². The Morgan fingerprint density at radius 1 is 1.50 bits per heavy atom. The lowest BCUT2D eigenvalue weighted by Crippen LogP contribution is -2.22. The third-order valence-electron chi connectivity index (χ3n) is 1.60. The van der Waals surface area contributed by atoms with E-state index in [1.165, 1.54) is 0 Å². The van der Waals surface area contributed by atoms with Gasteiger partial charge in [-0.15, -0.1) is 0 Å². The summed E-state index contributed by atoms with van der Waals surface area (Å²) >= 11 is 0. The first-order valence-corrected chi connectivity index (χ1v) is 4.10. The molecule has 0 fully saturated rings. The highest BCUT2D eigenvalue weighted by Gasteiger charge is 2.05. The van der Waals surface area contributed by atoms with E-state index in [0.29, 0.717) is 6.42 Å². The van der Waals surface area contributed by atoms with Crippen LogP contribution in [0.3, 0.4) is 0 Å². The molecule has 1 aliphatic rings. The number of hydrogen-bond donors (Lipinski definition) is 1. The van der Waals surface area contributed by atoms with Gasteiger partial charge in [-0.2, -0.15) is 0 Å². The normalized spacial score (nSPS) is 18.4. The van der Waals surface area contributed by atoms with Gasteiger partial charge in [0.15, 0.2) is 5.78 Å². The topological polar surface area (TPSA) is 29.1 Å². The van der Waals surface area contributed by atoms with Crippen LogP contribution in [0.25, 0.3) is 0 Å². The summed E-state index contributed by atoms with van der Waals surface area (Å²) in [6.45, 7) is 2.71. The van der Waals surface area contributed by atoms with Gasteiger partial charge in [0.25, 0.3) is 0 Å². The van der Waals surface area contributed by atoms with E-state index < -0.39 is 0 Å². The Hall–Kier alpha value is -1.31. The number of carbonyl (C=O) groups excluding carboxylic acids is 1. The molecule has 2 heteroatoms. The third-order valence-corrected chi connectivity index (χ3v) is 1.60. The lowest BCUT2D eigenvalue weighted by atomic mass is 10.1. The molecule has 0 aromatic rings. The highest BCUT2D eigenvalue weighted by molar-refractivity contribution is 5.91. The van der Waals surface area contributed by atoms with Crippen molar-refractivity contribution in [3.05, 3.63) is 36.1 Å². The molecular formula is C10H13NO. The van der Waals surface area contributed by atoms with Crippen molar-refractivity contribution in [1.29, 1.82) is 0 Å². The summed E-state index contributed by atoms with van der Waals surface area (Å²) < 4.78 is 0. The fraction of sp³-hybridized carbons (Fsp3) is 0.300. The second-order valence-electron chi connectivity index (χ2n) is 2.63. The van der Waals surface area contributed by atoms with E-state index in [1.54, 1.807) is 6.08 Å². The minimum absolute atomic E-state index is 0.203. The van der Waals surface area contributed by atoms with Crippen molar-refractivity contribution in [1.82, 2.24) is 5.32 Å². The van der Waals surface area contributed by atoms with Crippen molar-refractivity contribution in [2.45, 2.75) is 13.3 Å². The fourth-order valence-corrected chi connectivity index (χ4v) is 1.00. The summed E-state index contributed by atoms with van der Waals surface area (Å²) in [6, 6.07) is 0. The van der Waals surface area contributed by atoms with Crippen molar-refractivity contribution in [3.63, 3.8) is 0 Å². The average Bonchev–Trinajstić information content (AvgIpc) is 2.05. The van der Waals surface area contributed by atoms with Crippen LogP contribution in [0.15, 0.2) is 36.1 Å². The van der Waals surface area contributed by atoms with Gasteiger partial charge in [-0.05, 0) is 13.0 Å². The van der Waals surface area contributed by atoms with Crippen LogP contribution in [0.5, 0.6) is 0 Å². The number of nitrogens with one attached hydrogen (secondary N) is 1. The van der Waals surface area contributed by atoms with Crippen LogP contribution in [0.2, 0.25) is 0 Å². The SMILES string of the molecule is C/C=C/C=C/C1=CC(=O)CCN1. The smallest absolute Gasteiger partial charge is 0.159 e. The van der Waals surface area contributed by atoms with Crippen LogP contribution < -0.4 is 5.32 Å². The van der Waals surface area contributed by atoms with Gasteiger partial charge in [0.2, 0.25) is 0 Å². The summed E-state index contributed by atoms with van der Waals surface area (Å²) in [5, 5.41) is 3.13. The van der Waals surface area contributed by atoms with E-state index in [4.69, 9.17) is 0 Å². The number of ketones is 1. The van der Waals surface area contributed by atoms with Crippen LogP contribution >= 0.6 is 0 Å². The highest BCUT2D eigenvalue weighted by atomic mass is 16.1. The molecule has 0 saturated carbocycles. The molecule has 0 amide bonds. The maximum absolute atomic E-state index is 10.9. The molecular weight excluding hydrogens is 150 g/mol. The van der Waals surface area contributed by atoms with E-state index in [0.717, 1.165) is 12.2 Å². The Bertz CT molecular complexity index is 249. The first-order valence-electron chi connectivity index (χ1n) is 4.10. The quantitative estimate of drug-likeness (QED) is 0.626. The zero-order chi connectivity index (χ0) is 8.81. The molecule has 0 unspecified atom stereocenters. The number of carbonyl (C=O) groups is 1. The first kappa shape index (κ1) is 8.78. The molecule has 0 aromatic carbocycles. The molecule has 12 heavy (non-hydrogen) atoms. The highest BCUT2D eigenvalue weighted by Crippen LogP contribution is 2.01. The van der Waals surface area contributed by atoms with Gasteiger partial charge < -0.3 is 5.32 Å². The molecule has 0 radical (unpaired) electrons. The molecule has 0 aromatic heterocycles. The zero-order valence-corrected chi connectivity index (χ0v) is 7.21. The number of hydrogen-bond acceptors (Lipinski definition) is 2. The molecule has 1 aliphatic heterocycles. The van der Waals surface area contributed by atoms with Gasteiger partial charge in [0.1, 0.15) is 0 Å². The minimum atomic E-state index is 0.203. The third kappa shape index (κ3) is 2.74. The lowest BCUT2D eigenvalue weighted by molar-refractivity contribution is -0.114. The number of allylic oxidation sites excluding steroid dienone is 5. The molecule has 1 rings (SSSR count). The Labute approximate surface area is 72.7 Å². The molecule has 0 bridgehead atoms. The summed E-state index contributed by atoms with van der Waals surface area (Å²) in [4.78, 5) is 10.9. The van der Waals surface area contributed by atoms with Crippen molar-refractivity contribution < 1.29 is 4.79 Å². The summed E-state index contributed by atoms with van der Waals surface area (Å²) in [7, 11) is 0. The standard InChI is InChI=1S/C10H13NO/c1-2-3-4-5-9-8-10(12)6-7-11-9/h2-5,8,11H,6-7H2,1H3/b3-2+,5-4+. The monoisotopic (exact) mass is 163 g/mol. The molecule has 1 heterocycles. The Morgan fingerprint density at radius 2 is 2.33 bits per heavy atom. The summed E-state index contributed by atoms with van der Waals surface area (Å²) in [6.07, 6.45) is 9.95. The number of rotatable bonds is 2. The van der Waals surface area contributed by atoms with Crippen LogP contribution in [-0.2, 0) is 4.79 Å². The van der Waals surface area contributed by atoms with Gasteiger partial charge in [-0.3, -0.25) is 4.79 Å². The predicted octanol–water partition coefficient (Wildman–Crippen LogP) is 1.56. The van der Waals surface area contributed by atoms with E-state index >= 15 is 0 Å². The lowest BCUT2D eigenvalue weighted by Gasteiger charge is -2.10. The Balaban J connectivity index is 2.56. The average molecular weight is 163 g/mol. The Kier molecular flexibility index (Phi) is 3.33. The van der Waals surface area contributed by atoms with E-state index in [1.807, 2.05) is 31.2 Å². The molecule has 0 atom stereocenters. The van der Waals surface area contributed by atoms with Crippen molar-refractivity contribution >= 4 is 5.78 Å².